The lowest BCUT2D eigenvalue weighted by molar-refractivity contribution is -0.0375. The first-order valence-corrected chi connectivity index (χ1v) is 4.87. The van der Waals surface area contributed by atoms with Crippen molar-refractivity contribution in [1.82, 2.24) is 0 Å². The second-order valence-electron chi connectivity index (χ2n) is 2.63. The lowest BCUT2D eigenvalue weighted by Gasteiger charge is -2.20. The van der Waals surface area contributed by atoms with E-state index in [-0.39, 0.29) is 0 Å². The first kappa shape index (κ1) is 9.31. The van der Waals surface area contributed by atoms with Crippen LogP contribution in [0.5, 0.6) is 0 Å². The van der Waals surface area contributed by atoms with Gasteiger partial charge in [0.15, 0.2) is 0 Å². The summed E-state index contributed by atoms with van der Waals surface area (Å²) in [4.78, 5) is 0. The fourth-order valence-corrected chi connectivity index (χ4v) is 1.30. The summed E-state index contributed by atoms with van der Waals surface area (Å²) in [7, 11) is 0. The van der Waals surface area contributed by atoms with Crippen LogP contribution in [-0.2, 0) is 4.74 Å². The van der Waals surface area contributed by atoms with Crippen LogP contribution in [0.15, 0.2) is 16.8 Å². The summed E-state index contributed by atoms with van der Waals surface area (Å²) < 4.78 is 4.93. The van der Waals surface area contributed by atoms with E-state index in [4.69, 9.17) is 11.2 Å². The zero-order chi connectivity index (χ0) is 8.81. The maximum absolute atomic E-state index is 5.05. The predicted molar refractivity (Wildman–Crippen MR) is 52.3 cm³/mol. The molecule has 1 aliphatic rings. The van der Waals surface area contributed by atoms with E-state index >= 15 is 0 Å². The number of terminal acetylenes is 1. The third-order valence-electron chi connectivity index (χ3n) is 1.61. The largest absolute Gasteiger partial charge is 0.378 e. The molecule has 1 aromatic rings. The molecule has 0 N–H and O–H groups in total. The Morgan fingerprint density at radius 3 is 2.58 bits per heavy atom. The van der Waals surface area contributed by atoms with Crippen molar-refractivity contribution in [3.05, 3.63) is 22.4 Å². The van der Waals surface area contributed by atoms with Crippen LogP contribution in [0.2, 0.25) is 0 Å². The van der Waals surface area contributed by atoms with Crippen LogP contribution in [-0.4, -0.2) is 12.7 Å². The highest BCUT2D eigenvalue weighted by molar-refractivity contribution is 7.08. The summed E-state index contributed by atoms with van der Waals surface area (Å²) in [6.07, 6.45) is 6.88. The molecule has 1 fully saturated rings. The molecule has 0 bridgehead atoms. The Kier molecular flexibility index (Phi) is 3.86. The number of hydrogen-bond acceptors (Lipinski definition) is 2. The predicted octanol–water partition coefficient (Wildman–Crippen LogP) is 2.52. The molecule has 2 rings (SSSR count). The Balaban J connectivity index is 0.000000127. The molecule has 1 aliphatic heterocycles. The Morgan fingerprint density at radius 2 is 2.42 bits per heavy atom. The van der Waals surface area contributed by atoms with Crippen LogP contribution in [0.3, 0.4) is 0 Å². The Morgan fingerprint density at radius 1 is 1.75 bits per heavy atom. The molecule has 0 radical (unpaired) electrons. The first-order chi connectivity index (χ1) is 5.83. The molecule has 0 aliphatic carbocycles. The van der Waals surface area contributed by atoms with E-state index in [1.807, 2.05) is 16.8 Å². The second-order valence-corrected chi connectivity index (χ2v) is 3.41. The molecular weight excluding hydrogens is 168 g/mol. The lowest BCUT2D eigenvalue weighted by Crippen LogP contribution is -2.22. The molecule has 2 heteroatoms. The quantitative estimate of drug-likeness (QED) is 0.557. The number of hydrogen-bond donors (Lipinski definition) is 0. The van der Waals surface area contributed by atoms with E-state index in [2.05, 4.69) is 12.8 Å². The van der Waals surface area contributed by atoms with Gasteiger partial charge in [-0.2, -0.15) is 11.3 Å². The third-order valence-corrected chi connectivity index (χ3v) is 2.30. The van der Waals surface area contributed by atoms with Gasteiger partial charge in [0.05, 0.1) is 6.10 Å². The van der Waals surface area contributed by atoms with Gasteiger partial charge in [-0.1, -0.05) is 5.92 Å². The fourth-order valence-electron chi connectivity index (χ4n) is 0.700. The zero-order valence-electron chi connectivity index (χ0n) is 7.12. The van der Waals surface area contributed by atoms with Gasteiger partial charge < -0.3 is 4.74 Å². The Bertz CT molecular complexity index is 241. The summed E-state index contributed by atoms with van der Waals surface area (Å²) in [6.45, 7) is 3.07. The van der Waals surface area contributed by atoms with Gasteiger partial charge in [-0.05, 0) is 24.8 Å². The highest BCUT2D eigenvalue weighted by Gasteiger charge is 2.09. The fraction of sp³-hybridized carbons (Fsp3) is 0.400. The smallest absolute Gasteiger partial charge is 0.0568 e. The monoisotopic (exact) mass is 180 g/mol. The lowest BCUT2D eigenvalue weighted by atomic mass is 10.2. The molecule has 2 heterocycles. The van der Waals surface area contributed by atoms with E-state index in [1.165, 1.54) is 6.42 Å². The van der Waals surface area contributed by atoms with Crippen molar-refractivity contribution in [2.24, 2.45) is 0 Å². The van der Waals surface area contributed by atoms with Crippen molar-refractivity contribution in [1.29, 1.82) is 0 Å². The molecule has 1 atom stereocenters. The van der Waals surface area contributed by atoms with Crippen LogP contribution in [0.4, 0.5) is 0 Å². The molecule has 1 nitrogen and oxygen atoms in total. The maximum atomic E-state index is 5.05. The van der Waals surface area contributed by atoms with Crippen molar-refractivity contribution in [3.63, 3.8) is 0 Å². The van der Waals surface area contributed by atoms with Crippen molar-refractivity contribution in [2.75, 3.05) is 6.61 Å². The second kappa shape index (κ2) is 4.97. The average molecular weight is 180 g/mol. The highest BCUT2D eigenvalue weighted by Crippen LogP contribution is 2.07. The molecule has 0 saturated carbocycles. The standard InChI is InChI=1S/C6H4S.C4H8O/c1-2-6-3-4-7-5-6;1-4-2-3-5-4/h1,3-5H;4H,2-3H2,1H3. The summed E-state index contributed by atoms with van der Waals surface area (Å²) in [5.74, 6) is 2.52. The van der Waals surface area contributed by atoms with Gasteiger partial charge in [0.1, 0.15) is 0 Å². The molecule has 0 amide bonds. The van der Waals surface area contributed by atoms with E-state index in [0.29, 0.717) is 6.10 Å². The minimum absolute atomic E-state index is 0.565. The molecule has 1 saturated heterocycles. The van der Waals surface area contributed by atoms with Crippen molar-refractivity contribution >= 4 is 11.3 Å². The number of rotatable bonds is 0. The van der Waals surface area contributed by atoms with Gasteiger partial charge in [0.2, 0.25) is 0 Å². The third kappa shape index (κ3) is 3.08. The van der Waals surface area contributed by atoms with Gasteiger partial charge in [-0.3, -0.25) is 0 Å². The topological polar surface area (TPSA) is 9.23 Å². The van der Waals surface area contributed by atoms with Gasteiger partial charge in [0.25, 0.3) is 0 Å². The van der Waals surface area contributed by atoms with Crippen LogP contribution in [0.25, 0.3) is 0 Å². The van der Waals surface area contributed by atoms with E-state index in [0.717, 1.165) is 12.2 Å². The molecule has 1 unspecified atom stereocenters. The summed E-state index contributed by atoms with van der Waals surface area (Å²) in [5.41, 5.74) is 0.977. The Labute approximate surface area is 77.4 Å². The minimum atomic E-state index is 0.565. The van der Waals surface area contributed by atoms with Gasteiger partial charge in [0, 0.05) is 17.6 Å². The van der Waals surface area contributed by atoms with Gasteiger partial charge in [-0.15, -0.1) is 6.42 Å². The zero-order valence-corrected chi connectivity index (χ0v) is 7.93. The summed E-state index contributed by atoms with van der Waals surface area (Å²) >= 11 is 1.62. The van der Waals surface area contributed by atoms with Gasteiger partial charge >= 0.3 is 0 Å². The van der Waals surface area contributed by atoms with E-state index in [9.17, 15) is 0 Å². The highest BCUT2D eigenvalue weighted by atomic mass is 32.1. The molecule has 1 aromatic heterocycles. The summed E-state index contributed by atoms with van der Waals surface area (Å²) in [6, 6.07) is 1.92. The van der Waals surface area contributed by atoms with E-state index < -0.39 is 0 Å². The Hall–Kier alpha value is -0.780. The van der Waals surface area contributed by atoms with Crippen LogP contribution in [0, 0.1) is 12.3 Å². The van der Waals surface area contributed by atoms with Crippen molar-refractivity contribution < 1.29 is 4.74 Å². The molecular formula is C10H12OS. The normalized spacial score (nSPS) is 19.8. The van der Waals surface area contributed by atoms with Crippen molar-refractivity contribution in [2.45, 2.75) is 19.4 Å². The summed E-state index contributed by atoms with van der Waals surface area (Å²) in [5, 5.41) is 3.91. The molecule has 12 heavy (non-hydrogen) atoms. The molecule has 0 aromatic carbocycles. The SMILES string of the molecule is C#Cc1ccsc1.CC1CCO1. The molecule has 0 spiro atoms. The van der Waals surface area contributed by atoms with E-state index in [1.54, 1.807) is 11.3 Å². The van der Waals surface area contributed by atoms with Crippen molar-refractivity contribution in [3.8, 4) is 12.3 Å². The number of thiophene rings is 1. The average Bonchev–Trinajstić information content (AvgIpc) is 2.53. The van der Waals surface area contributed by atoms with Crippen LogP contribution < -0.4 is 0 Å². The van der Waals surface area contributed by atoms with Crippen LogP contribution in [0.1, 0.15) is 18.9 Å². The maximum Gasteiger partial charge on any atom is 0.0568 e. The first-order valence-electron chi connectivity index (χ1n) is 3.93. The minimum Gasteiger partial charge on any atom is -0.378 e. The van der Waals surface area contributed by atoms with Gasteiger partial charge in [-0.25, -0.2) is 0 Å². The number of ether oxygens (including phenoxy) is 1. The molecule has 64 valence electrons. The van der Waals surface area contributed by atoms with Crippen LogP contribution >= 0.6 is 11.3 Å².